The van der Waals surface area contributed by atoms with Crippen LogP contribution in [0.4, 0.5) is 0 Å². The SMILES string of the molecule is O=C(CNCCN1CCN(CCO)CC1)C1C(=O)CC(c2ccccc2)CC1=O. The average molecular weight is 402 g/mol. The van der Waals surface area contributed by atoms with Gasteiger partial charge in [0.05, 0.1) is 13.2 Å². The van der Waals surface area contributed by atoms with Gasteiger partial charge in [-0.05, 0) is 11.5 Å². The number of hydrogen-bond acceptors (Lipinski definition) is 7. The maximum Gasteiger partial charge on any atom is 0.164 e. The molecule has 1 heterocycles. The van der Waals surface area contributed by atoms with Gasteiger partial charge in [0.1, 0.15) is 5.92 Å². The average Bonchev–Trinajstić information content (AvgIpc) is 2.73. The van der Waals surface area contributed by atoms with E-state index in [4.69, 9.17) is 5.11 Å². The van der Waals surface area contributed by atoms with Crippen molar-refractivity contribution in [1.82, 2.24) is 15.1 Å². The summed E-state index contributed by atoms with van der Waals surface area (Å²) in [7, 11) is 0. The summed E-state index contributed by atoms with van der Waals surface area (Å²) in [4.78, 5) is 42.0. The number of aliphatic hydroxyl groups is 1. The van der Waals surface area contributed by atoms with Crippen LogP contribution in [-0.4, -0.2) is 91.2 Å². The number of β-amino-alcohol motifs (C(OH)–C–C–N with tert-alkyl or cyclic N) is 1. The van der Waals surface area contributed by atoms with Gasteiger partial charge in [0.15, 0.2) is 17.3 Å². The van der Waals surface area contributed by atoms with Crippen LogP contribution in [0.2, 0.25) is 0 Å². The van der Waals surface area contributed by atoms with E-state index in [1.54, 1.807) is 0 Å². The Labute approximate surface area is 172 Å². The maximum absolute atomic E-state index is 12.5. The van der Waals surface area contributed by atoms with Crippen molar-refractivity contribution >= 4 is 17.3 Å². The lowest BCUT2D eigenvalue weighted by atomic mass is 9.75. The first-order valence-electron chi connectivity index (χ1n) is 10.5. The van der Waals surface area contributed by atoms with Gasteiger partial charge in [-0.2, -0.15) is 0 Å². The van der Waals surface area contributed by atoms with Gasteiger partial charge in [0.25, 0.3) is 0 Å². The van der Waals surface area contributed by atoms with Crippen molar-refractivity contribution in [3.8, 4) is 0 Å². The van der Waals surface area contributed by atoms with Gasteiger partial charge in [-0.3, -0.25) is 24.2 Å². The van der Waals surface area contributed by atoms with Crippen molar-refractivity contribution in [1.29, 1.82) is 0 Å². The second-order valence-electron chi connectivity index (χ2n) is 7.93. The molecule has 1 saturated carbocycles. The number of aliphatic hydroxyl groups excluding tert-OH is 1. The highest BCUT2D eigenvalue weighted by molar-refractivity contribution is 6.21. The Morgan fingerprint density at radius 2 is 1.55 bits per heavy atom. The smallest absolute Gasteiger partial charge is 0.164 e. The Kier molecular flexibility index (Phi) is 8.06. The van der Waals surface area contributed by atoms with E-state index >= 15 is 0 Å². The summed E-state index contributed by atoms with van der Waals surface area (Å²) in [6.45, 7) is 6.19. The molecule has 2 fully saturated rings. The quantitative estimate of drug-likeness (QED) is 0.448. The Morgan fingerprint density at radius 1 is 0.966 bits per heavy atom. The normalized spacial score (nSPS) is 24.0. The highest BCUT2D eigenvalue weighted by atomic mass is 16.3. The van der Waals surface area contributed by atoms with Gasteiger partial charge in [0.2, 0.25) is 0 Å². The van der Waals surface area contributed by atoms with E-state index in [-0.39, 0.29) is 49.3 Å². The molecule has 1 aromatic carbocycles. The highest BCUT2D eigenvalue weighted by Gasteiger charge is 2.39. The molecule has 158 valence electrons. The number of Topliss-reactive ketones (excluding diaryl/α,β-unsaturated/α-hetero) is 3. The van der Waals surface area contributed by atoms with Gasteiger partial charge in [-0.25, -0.2) is 0 Å². The predicted octanol–water partition coefficient (Wildman–Crippen LogP) is 0.0870. The number of carbonyl (C=O) groups excluding carboxylic acids is 3. The highest BCUT2D eigenvalue weighted by Crippen LogP contribution is 2.31. The van der Waals surface area contributed by atoms with E-state index < -0.39 is 5.92 Å². The minimum atomic E-state index is -1.09. The molecule has 3 rings (SSSR count). The van der Waals surface area contributed by atoms with E-state index in [0.717, 1.165) is 44.8 Å². The summed E-state index contributed by atoms with van der Waals surface area (Å²) in [5, 5.41) is 12.1. The fraction of sp³-hybridized carbons (Fsp3) is 0.591. The molecule has 1 aliphatic heterocycles. The van der Waals surface area contributed by atoms with Crippen molar-refractivity contribution < 1.29 is 19.5 Å². The van der Waals surface area contributed by atoms with E-state index in [1.165, 1.54) is 0 Å². The molecule has 0 radical (unpaired) electrons. The van der Waals surface area contributed by atoms with E-state index in [0.29, 0.717) is 6.54 Å². The molecule has 0 amide bonds. The lowest BCUT2D eigenvalue weighted by molar-refractivity contribution is -0.142. The second kappa shape index (κ2) is 10.7. The second-order valence-corrected chi connectivity index (χ2v) is 7.93. The van der Waals surface area contributed by atoms with Crippen LogP contribution in [-0.2, 0) is 14.4 Å². The Hall–Kier alpha value is -1.93. The van der Waals surface area contributed by atoms with Gasteiger partial charge in [-0.1, -0.05) is 30.3 Å². The Morgan fingerprint density at radius 3 is 2.14 bits per heavy atom. The number of rotatable bonds is 9. The van der Waals surface area contributed by atoms with Crippen molar-refractivity contribution in [2.24, 2.45) is 5.92 Å². The van der Waals surface area contributed by atoms with Crippen LogP contribution in [0.1, 0.15) is 24.3 Å². The molecule has 2 aliphatic rings. The zero-order valence-corrected chi connectivity index (χ0v) is 16.9. The molecule has 0 unspecified atom stereocenters. The van der Waals surface area contributed by atoms with Crippen LogP contribution in [0.3, 0.4) is 0 Å². The Balaban J connectivity index is 1.39. The minimum absolute atomic E-state index is 0.0582. The molecule has 2 N–H and O–H groups in total. The molecule has 0 aromatic heterocycles. The van der Waals surface area contributed by atoms with Crippen LogP contribution >= 0.6 is 0 Å². The number of nitrogens with one attached hydrogen (secondary N) is 1. The summed E-state index contributed by atoms with van der Waals surface area (Å²) in [6, 6.07) is 9.57. The molecule has 7 nitrogen and oxygen atoms in total. The zero-order chi connectivity index (χ0) is 20.6. The largest absolute Gasteiger partial charge is 0.395 e. The molecular formula is C22H31N3O4. The zero-order valence-electron chi connectivity index (χ0n) is 16.9. The predicted molar refractivity (Wildman–Crippen MR) is 110 cm³/mol. The summed E-state index contributed by atoms with van der Waals surface area (Å²) in [5.41, 5.74) is 0.984. The van der Waals surface area contributed by atoms with Gasteiger partial charge >= 0.3 is 0 Å². The molecule has 1 saturated heterocycles. The first kappa shape index (κ1) is 21.8. The third-order valence-electron chi connectivity index (χ3n) is 5.92. The topological polar surface area (TPSA) is 89.9 Å². The minimum Gasteiger partial charge on any atom is -0.395 e. The van der Waals surface area contributed by atoms with Gasteiger partial charge in [0, 0.05) is 58.7 Å². The first-order valence-corrected chi connectivity index (χ1v) is 10.5. The Bertz CT molecular complexity index is 683. The van der Waals surface area contributed by atoms with E-state index in [2.05, 4.69) is 15.1 Å². The first-order chi connectivity index (χ1) is 14.1. The molecule has 0 atom stereocenters. The summed E-state index contributed by atoms with van der Waals surface area (Å²) in [5.74, 6) is -2.01. The maximum atomic E-state index is 12.5. The standard InChI is InChI=1S/C22H31N3O4/c26-13-12-25-10-8-24(9-11-25)7-6-23-16-21(29)22-19(27)14-18(15-20(22)28)17-4-2-1-3-5-17/h1-5,18,22-23,26H,6-16H2. The van der Waals surface area contributed by atoms with Crippen molar-refractivity contribution in [2.45, 2.75) is 18.8 Å². The molecule has 0 bridgehead atoms. The number of hydrogen-bond donors (Lipinski definition) is 2. The van der Waals surface area contributed by atoms with Gasteiger partial charge in [-0.15, -0.1) is 0 Å². The third-order valence-corrected chi connectivity index (χ3v) is 5.92. The van der Waals surface area contributed by atoms with E-state index in [1.807, 2.05) is 30.3 Å². The summed E-state index contributed by atoms with van der Waals surface area (Å²) >= 11 is 0. The molecule has 1 aromatic rings. The lowest BCUT2D eigenvalue weighted by Crippen LogP contribution is -2.49. The third kappa shape index (κ3) is 6.02. The van der Waals surface area contributed by atoms with Crippen LogP contribution in [0.25, 0.3) is 0 Å². The lowest BCUT2D eigenvalue weighted by Gasteiger charge is -2.34. The molecule has 7 heteroatoms. The van der Waals surface area contributed by atoms with Crippen LogP contribution in [0.15, 0.2) is 30.3 Å². The van der Waals surface area contributed by atoms with Crippen molar-refractivity contribution in [3.63, 3.8) is 0 Å². The van der Waals surface area contributed by atoms with Crippen molar-refractivity contribution in [2.75, 3.05) is 59.0 Å². The number of carbonyl (C=O) groups is 3. The summed E-state index contributed by atoms with van der Waals surface area (Å²) < 4.78 is 0. The summed E-state index contributed by atoms with van der Waals surface area (Å²) in [6.07, 6.45) is 0.508. The molecule has 0 spiro atoms. The van der Waals surface area contributed by atoms with Crippen LogP contribution in [0, 0.1) is 5.92 Å². The monoisotopic (exact) mass is 401 g/mol. The molecule has 29 heavy (non-hydrogen) atoms. The fourth-order valence-corrected chi connectivity index (χ4v) is 4.22. The number of nitrogens with zero attached hydrogens (tertiary/aromatic N) is 2. The van der Waals surface area contributed by atoms with Crippen molar-refractivity contribution in [3.05, 3.63) is 35.9 Å². The molecular weight excluding hydrogens is 370 g/mol. The number of piperazine rings is 1. The number of ketones is 3. The van der Waals surface area contributed by atoms with E-state index in [9.17, 15) is 14.4 Å². The van der Waals surface area contributed by atoms with Crippen LogP contribution < -0.4 is 5.32 Å². The number of benzene rings is 1. The fourth-order valence-electron chi connectivity index (χ4n) is 4.22. The van der Waals surface area contributed by atoms with Crippen LogP contribution in [0.5, 0.6) is 0 Å². The molecule has 1 aliphatic carbocycles. The van der Waals surface area contributed by atoms with Gasteiger partial charge < -0.3 is 10.4 Å².